The van der Waals surface area contributed by atoms with Crippen LogP contribution in [0.25, 0.3) is 0 Å². The van der Waals surface area contributed by atoms with E-state index in [0.717, 1.165) is 6.20 Å². The zero-order chi connectivity index (χ0) is 10.1. The molecule has 0 spiro atoms. The normalized spacial score (nSPS) is 11.8. The largest absolute Gasteiger partial charge is 0.433 e. The van der Waals surface area contributed by atoms with E-state index in [0.29, 0.717) is 0 Å². The molecular formula is C8H8F3NO. The van der Waals surface area contributed by atoms with Gasteiger partial charge in [-0.05, 0) is 24.1 Å². The molecule has 1 rings (SSSR count). The fraction of sp³-hybridized carbons (Fsp3) is 0.375. The first kappa shape index (κ1) is 9.98. The molecule has 0 bridgehead atoms. The van der Waals surface area contributed by atoms with E-state index in [1.807, 2.05) is 0 Å². The van der Waals surface area contributed by atoms with Crippen LogP contribution < -0.4 is 0 Å². The Kier molecular flexibility index (Phi) is 2.56. The first-order valence-corrected chi connectivity index (χ1v) is 3.59. The van der Waals surface area contributed by atoms with Gasteiger partial charge in [0.15, 0.2) is 0 Å². The summed E-state index contributed by atoms with van der Waals surface area (Å²) in [7, 11) is 0. The summed E-state index contributed by atoms with van der Waals surface area (Å²) >= 11 is 0. The van der Waals surface area contributed by atoms with Crippen molar-refractivity contribution >= 4 is 0 Å². The number of pyridine rings is 1. The van der Waals surface area contributed by atoms with Gasteiger partial charge in [-0.3, -0.25) is 4.98 Å². The predicted octanol–water partition coefficient (Wildman–Crippen LogP) is 1.90. The molecule has 0 fully saturated rings. The van der Waals surface area contributed by atoms with Gasteiger partial charge in [-0.25, -0.2) is 0 Å². The zero-order valence-corrected chi connectivity index (χ0v) is 6.89. The van der Waals surface area contributed by atoms with Crippen LogP contribution in [0.2, 0.25) is 0 Å². The number of aromatic nitrogens is 1. The molecule has 0 aromatic carbocycles. The van der Waals surface area contributed by atoms with Crippen molar-refractivity contribution in [2.75, 3.05) is 0 Å². The van der Waals surface area contributed by atoms with Gasteiger partial charge in [0.1, 0.15) is 5.69 Å². The summed E-state index contributed by atoms with van der Waals surface area (Å²) in [4.78, 5) is 3.22. The van der Waals surface area contributed by atoms with Crippen molar-refractivity contribution in [3.05, 3.63) is 29.1 Å². The molecule has 0 saturated heterocycles. The number of aliphatic hydroxyl groups excluding tert-OH is 1. The zero-order valence-electron chi connectivity index (χ0n) is 6.89. The Morgan fingerprint density at radius 1 is 1.46 bits per heavy atom. The van der Waals surface area contributed by atoms with Gasteiger partial charge in [-0.1, -0.05) is 0 Å². The summed E-state index contributed by atoms with van der Waals surface area (Å²) in [5.41, 5.74) is -0.695. The molecule has 0 unspecified atom stereocenters. The number of nitrogens with zero attached hydrogens (tertiary/aromatic N) is 1. The van der Waals surface area contributed by atoms with Crippen molar-refractivity contribution < 1.29 is 18.3 Å². The molecule has 0 saturated carbocycles. The van der Waals surface area contributed by atoms with E-state index < -0.39 is 18.5 Å². The van der Waals surface area contributed by atoms with Gasteiger partial charge in [0, 0.05) is 6.20 Å². The Bertz CT molecular complexity index is 309. The van der Waals surface area contributed by atoms with Gasteiger partial charge in [-0.2, -0.15) is 13.2 Å². The fourth-order valence-electron chi connectivity index (χ4n) is 1.03. The van der Waals surface area contributed by atoms with E-state index in [-0.39, 0.29) is 11.1 Å². The van der Waals surface area contributed by atoms with Gasteiger partial charge in [0.05, 0.1) is 6.61 Å². The van der Waals surface area contributed by atoms with Gasteiger partial charge >= 0.3 is 6.18 Å². The monoisotopic (exact) mass is 191 g/mol. The van der Waals surface area contributed by atoms with Gasteiger partial charge in [0.2, 0.25) is 0 Å². The molecular weight excluding hydrogens is 183 g/mol. The second-order valence-electron chi connectivity index (χ2n) is 2.60. The molecule has 0 amide bonds. The van der Waals surface area contributed by atoms with E-state index in [4.69, 9.17) is 5.11 Å². The van der Waals surface area contributed by atoms with E-state index in [1.54, 1.807) is 0 Å². The Balaban J connectivity index is 3.24. The molecule has 0 aliphatic rings. The highest BCUT2D eigenvalue weighted by molar-refractivity contribution is 5.29. The van der Waals surface area contributed by atoms with Crippen LogP contribution in [0.5, 0.6) is 0 Å². The standard InChI is InChI=1S/C8H8F3NO/c1-5-6(4-13)2-3-12-7(5)8(9,10)11/h2-3,13H,4H2,1H3. The molecule has 72 valence electrons. The van der Waals surface area contributed by atoms with Crippen LogP contribution in [0.4, 0.5) is 13.2 Å². The SMILES string of the molecule is Cc1c(CO)ccnc1C(F)(F)F. The minimum atomic E-state index is -4.45. The number of halogens is 3. The van der Waals surface area contributed by atoms with Gasteiger partial charge < -0.3 is 5.11 Å². The second kappa shape index (κ2) is 3.33. The third-order valence-electron chi connectivity index (χ3n) is 1.76. The van der Waals surface area contributed by atoms with Crippen LogP contribution in [0.15, 0.2) is 12.3 Å². The van der Waals surface area contributed by atoms with E-state index in [2.05, 4.69) is 4.98 Å². The van der Waals surface area contributed by atoms with Crippen LogP contribution in [0, 0.1) is 6.92 Å². The summed E-state index contributed by atoms with van der Waals surface area (Å²) in [6, 6.07) is 1.37. The number of rotatable bonds is 1. The third-order valence-corrected chi connectivity index (χ3v) is 1.76. The lowest BCUT2D eigenvalue weighted by Gasteiger charge is -2.10. The lowest BCUT2D eigenvalue weighted by Crippen LogP contribution is -2.11. The molecule has 0 aliphatic heterocycles. The minimum Gasteiger partial charge on any atom is -0.392 e. The maximum atomic E-state index is 12.2. The van der Waals surface area contributed by atoms with Crippen LogP contribution >= 0.6 is 0 Å². The maximum absolute atomic E-state index is 12.2. The fourth-order valence-corrected chi connectivity index (χ4v) is 1.03. The first-order chi connectivity index (χ1) is 5.96. The molecule has 5 heteroatoms. The van der Waals surface area contributed by atoms with Crippen LogP contribution in [0.1, 0.15) is 16.8 Å². The summed E-state index contributed by atoms with van der Waals surface area (Å²) < 4.78 is 36.7. The molecule has 1 aromatic heterocycles. The van der Waals surface area contributed by atoms with Crippen molar-refractivity contribution in [3.63, 3.8) is 0 Å². The molecule has 13 heavy (non-hydrogen) atoms. The van der Waals surface area contributed by atoms with Crippen molar-refractivity contribution in [1.29, 1.82) is 0 Å². The number of hydrogen-bond donors (Lipinski definition) is 1. The second-order valence-corrected chi connectivity index (χ2v) is 2.60. The average molecular weight is 191 g/mol. The maximum Gasteiger partial charge on any atom is 0.433 e. The van der Waals surface area contributed by atoms with Gasteiger partial charge in [0.25, 0.3) is 0 Å². The highest BCUT2D eigenvalue weighted by Gasteiger charge is 2.34. The molecule has 0 atom stereocenters. The van der Waals surface area contributed by atoms with E-state index in [9.17, 15) is 13.2 Å². The quantitative estimate of drug-likeness (QED) is 0.735. The molecule has 2 nitrogen and oxygen atoms in total. The lowest BCUT2D eigenvalue weighted by molar-refractivity contribution is -0.141. The van der Waals surface area contributed by atoms with Crippen molar-refractivity contribution in [3.8, 4) is 0 Å². The molecule has 0 aliphatic carbocycles. The van der Waals surface area contributed by atoms with E-state index in [1.165, 1.54) is 13.0 Å². The summed E-state index contributed by atoms with van der Waals surface area (Å²) in [5.74, 6) is 0. The highest BCUT2D eigenvalue weighted by Crippen LogP contribution is 2.30. The number of aliphatic hydroxyl groups is 1. The summed E-state index contributed by atoms with van der Waals surface area (Å²) in [6.07, 6.45) is -3.41. The van der Waals surface area contributed by atoms with Crippen LogP contribution in [0.3, 0.4) is 0 Å². The smallest absolute Gasteiger partial charge is 0.392 e. The Morgan fingerprint density at radius 2 is 2.08 bits per heavy atom. The molecule has 0 radical (unpaired) electrons. The van der Waals surface area contributed by atoms with Crippen molar-refractivity contribution in [2.45, 2.75) is 19.7 Å². The van der Waals surface area contributed by atoms with Crippen LogP contribution in [-0.2, 0) is 12.8 Å². The molecule has 1 heterocycles. The lowest BCUT2D eigenvalue weighted by atomic mass is 10.1. The highest BCUT2D eigenvalue weighted by atomic mass is 19.4. The minimum absolute atomic E-state index is 0.0162. The average Bonchev–Trinajstić information content (AvgIpc) is 2.02. The van der Waals surface area contributed by atoms with Crippen molar-refractivity contribution in [1.82, 2.24) is 4.98 Å². The first-order valence-electron chi connectivity index (χ1n) is 3.59. The third kappa shape index (κ3) is 1.98. The van der Waals surface area contributed by atoms with Gasteiger partial charge in [-0.15, -0.1) is 0 Å². The topological polar surface area (TPSA) is 33.1 Å². The predicted molar refractivity (Wildman–Crippen MR) is 39.9 cm³/mol. The molecule has 1 N–H and O–H groups in total. The molecule has 1 aromatic rings. The van der Waals surface area contributed by atoms with E-state index >= 15 is 0 Å². The summed E-state index contributed by atoms with van der Waals surface area (Å²) in [6.45, 7) is 0.888. The Morgan fingerprint density at radius 3 is 2.54 bits per heavy atom. The summed E-state index contributed by atoms with van der Waals surface area (Å²) in [5, 5.41) is 8.71. The Labute approximate surface area is 73.0 Å². The van der Waals surface area contributed by atoms with Crippen molar-refractivity contribution in [2.24, 2.45) is 0 Å². The number of hydrogen-bond acceptors (Lipinski definition) is 2. The Hall–Kier alpha value is -1.10. The van der Waals surface area contributed by atoms with Crippen LogP contribution in [-0.4, -0.2) is 10.1 Å². The number of alkyl halides is 3.